The van der Waals surface area contributed by atoms with Gasteiger partial charge in [0.15, 0.2) is 5.82 Å². The standard InChI is InChI=1S/C13H14Br2N4/c1-3-6-17-12-10(15)8(2)18-13(19-12)11-9(14)5-4-7-16-11/h4-5,7H,3,6H2,1-2H3,(H,17,18,19). The molecule has 0 unspecified atom stereocenters. The van der Waals surface area contributed by atoms with Crippen LogP contribution in [0.2, 0.25) is 0 Å². The van der Waals surface area contributed by atoms with Crippen LogP contribution in [0.3, 0.4) is 0 Å². The van der Waals surface area contributed by atoms with Gasteiger partial charge in [-0.3, -0.25) is 4.98 Å². The molecule has 0 aliphatic heterocycles. The molecule has 19 heavy (non-hydrogen) atoms. The highest BCUT2D eigenvalue weighted by atomic mass is 79.9. The monoisotopic (exact) mass is 384 g/mol. The number of halogens is 2. The largest absolute Gasteiger partial charge is 0.369 e. The maximum Gasteiger partial charge on any atom is 0.181 e. The molecule has 0 radical (unpaired) electrons. The number of anilines is 1. The van der Waals surface area contributed by atoms with Crippen molar-refractivity contribution in [1.29, 1.82) is 0 Å². The van der Waals surface area contributed by atoms with E-state index in [1.165, 1.54) is 0 Å². The highest BCUT2D eigenvalue weighted by Gasteiger charge is 2.13. The van der Waals surface area contributed by atoms with Crippen molar-refractivity contribution in [2.24, 2.45) is 0 Å². The molecule has 0 saturated carbocycles. The second-order valence-electron chi connectivity index (χ2n) is 4.06. The smallest absolute Gasteiger partial charge is 0.181 e. The summed E-state index contributed by atoms with van der Waals surface area (Å²) in [4.78, 5) is 13.3. The van der Waals surface area contributed by atoms with E-state index in [9.17, 15) is 0 Å². The summed E-state index contributed by atoms with van der Waals surface area (Å²) in [6, 6.07) is 3.80. The minimum Gasteiger partial charge on any atom is -0.369 e. The van der Waals surface area contributed by atoms with Gasteiger partial charge in [0.2, 0.25) is 0 Å². The second-order valence-corrected chi connectivity index (χ2v) is 5.70. The van der Waals surface area contributed by atoms with Crippen LogP contribution in [0.25, 0.3) is 11.5 Å². The molecule has 0 aliphatic carbocycles. The van der Waals surface area contributed by atoms with Crippen LogP contribution in [0.4, 0.5) is 5.82 Å². The lowest BCUT2D eigenvalue weighted by Crippen LogP contribution is -2.06. The molecule has 0 saturated heterocycles. The molecule has 6 heteroatoms. The fourth-order valence-corrected chi connectivity index (χ4v) is 2.33. The van der Waals surface area contributed by atoms with Crippen LogP contribution < -0.4 is 5.32 Å². The highest BCUT2D eigenvalue weighted by Crippen LogP contribution is 2.28. The first-order chi connectivity index (χ1) is 9.13. The number of nitrogens with zero attached hydrogens (tertiary/aromatic N) is 3. The van der Waals surface area contributed by atoms with E-state index in [1.807, 2.05) is 19.1 Å². The molecule has 2 aromatic rings. The van der Waals surface area contributed by atoms with Crippen molar-refractivity contribution in [2.45, 2.75) is 20.3 Å². The quantitative estimate of drug-likeness (QED) is 0.856. The van der Waals surface area contributed by atoms with Crippen LogP contribution in [0, 0.1) is 6.92 Å². The molecule has 2 heterocycles. The van der Waals surface area contributed by atoms with E-state index in [4.69, 9.17) is 0 Å². The Morgan fingerprint density at radius 1 is 1.26 bits per heavy atom. The summed E-state index contributed by atoms with van der Waals surface area (Å²) in [5.74, 6) is 1.42. The Balaban J connectivity index is 2.47. The lowest BCUT2D eigenvalue weighted by molar-refractivity contribution is 0.957. The first kappa shape index (κ1) is 14.4. The van der Waals surface area contributed by atoms with Gasteiger partial charge in [0.25, 0.3) is 0 Å². The normalized spacial score (nSPS) is 10.5. The molecule has 0 atom stereocenters. The Hall–Kier alpha value is -1.01. The summed E-state index contributed by atoms with van der Waals surface area (Å²) in [6.07, 6.45) is 2.78. The van der Waals surface area contributed by atoms with Crippen molar-refractivity contribution in [3.63, 3.8) is 0 Å². The number of hydrogen-bond donors (Lipinski definition) is 1. The summed E-state index contributed by atoms with van der Waals surface area (Å²) in [7, 11) is 0. The summed E-state index contributed by atoms with van der Waals surface area (Å²) in [5.41, 5.74) is 1.64. The van der Waals surface area contributed by atoms with Crippen LogP contribution >= 0.6 is 31.9 Å². The maximum atomic E-state index is 4.54. The molecule has 0 fully saturated rings. The zero-order valence-electron chi connectivity index (χ0n) is 10.7. The molecule has 0 amide bonds. The molecule has 4 nitrogen and oxygen atoms in total. The number of aryl methyl sites for hydroxylation is 1. The van der Waals surface area contributed by atoms with Gasteiger partial charge in [-0.1, -0.05) is 6.92 Å². The first-order valence-corrected chi connectivity index (χ1v) is 7.61. The van der Waals surface area contributed by atoms with Crippen LogP contribution in [0.5, 0.6) is 0 Å². The van der Waals surface area contributed by atoms with E-state index >= 15 is 0 Å². The summed E-state index contributed by atoms with van der Waals surface area (Å²) in [6.45, 7) is 4.94. The Kier molecular flexibility index (Phi) is 4.87. The molecule has 0 aliphatic rings. The SMILES string of the molecule is CCCNc1nc(-c2ncccc2Br)nc(C)c1Br. The third-order valence-corrected chi connectivity index (χ3v) is 4.12. The van der Waals surface area contributed by atoms with E-state index in [1.54, 1.807) is 6.20 Å². The predicted octanol–water partition coefficient (Wildman–Crippen LogP) is 4.19. The molecule has 0 aromatic carbocycles. The van der Waals surface area contributed by atoms with Crippen LogP contribution in [0.15, 0.2) is 27.3 Å². The zero-order chi connectivity index (χ0) is 13.8. The van der Waals surface area contributed by atoms with Gasteiger partial charge in [0.1, 0.15) is 11.5 Å². The van der Waals surface area contributed by atoms with E-state index in [-0.39, 0.29) is 0 Å². The molecular formula is C13H14Br2N4. The fraction of sp³-hybridized carbons (Fsp3) is 0.308. The maximum absolute atomic E-state index is 4.54. The zero-order valence-corrected chi connectivity index (χ0v) is 13.9. The summed E-state index contributed by atoms with van der Waals surface area (Å²) in [5, 5.41) is 3.29. The van der Waals surface area contributed by atoms with Gasteiger partial charge in [-0.2, -0.15) is 0 Å². The van der Waals surface area contributed by atoms with Gasteiger partial charge in [-0.05, 0) is 57.3 Å². The fourth-order valence-electron chi connectivity index (χ4n) is 1.58. The van der Waals surface area contributed by atoms with Crippen molar-refractivity contribution >= 4 is 37.7 Å². The van der Waals surface area contributed by atoms with E-state index in [0.29, 0.717) is 5.82 Å². The predicted molar refractivity (Wildman–Crippen MR) is 84.2 cm³/mol. The van der Waals surface area contributed by atoms with E-state index < -0.39 is 0 Å². The van der Waals surface area contributed by atoms with Gasteiger partial charge in [0.05, 0.1) is 10.2 Å². The van der Waals surface area contributed by atoms with Crippen molar-refractivity contribution < 1.29 is 0 Å². The van der Waals surface area contributed by atoms with Crippen molar-refractivity contribution in [3.8, 4) is 11.5 Å². The first-order valence-electron chi connectivity index (χ1n) is 6.02. The third kappa shape index (κ3) is 3.30. The van der Waals surface area contributed by atoms with Crippen molar-refractivity contribution in [3.05, 3.63) is 33.0 Å². The van der Waals surface area contributed by atoms with Gasteiger partial charge >= 0.3 is 0 Å². The molecular weight excluding hydrogens is 372 g/mol. The highest BCUT2D eigenvalue weighted by molar-refractivity contribution is 9.11. The Labute approximate surface area is 129 Å². The molecule has 0 spiro atoms. The topological polar surface area (TPSA) is 50.7 Å². The lowest BCUT2D eigenvalue weighted by Gasteiger charge is -2.11. The molecule has 2 aromatic heterocycles. The molecule has 100 valence electrons. The van der Waals surface area contributed by atoms with Crippen LogP contribution in [0.1, 0.15) is 19.0 Å². The molecule has 2 rings (SSSR count). The summed E-state index contributed by atoms with van der Waals surface area (Å²) >= 11 is 6.99. The second kappa shape index (κ2) is 6.43. The van der Waals surface area contributed by atoms with Crippen LogP contribution in [-0.4, -0.2) is 21.5 Å². The molecule has 1 N–H and O–H groups in total. The van der Waals surface area contributed by atoms with Gasteiger partial charge in [0, 0.05) is 17.2 Å². The number of hydrogen-bond acceptors (Lipinski definition) is 4. The van der Waals surface area contributed by atoms with Gasteiger partial charge in [-0.25, -0.2) is 9.97 Å². The Bertz CT molecular complexity index is 587. The van der Waals surface area contributed by atoms with Gasteiger partial charge in [-0.15, -0.1) is 0 Å². The van der Waals surface area contributed by atoms with Crippen LogP contribution in [-0.2, 0) is 0 Å². The minimum atomic E-state index is 0.617. The minimum absolute atomic E-state index is 0.617. The Morgan fingerprint density at radius 2 is 2.05 bits per heavy atom. The summed E-state index contributed by atoms with van der Waals surface area (Å²) < 4.78 is 1.79. The third-order valence-electron chi connectivity index (χ3n) is 2.53. The lowest BCUT2D eigenvalue weighted by atomic mass is 10.3. The van der Waals surface area contributed by atoms with Gasteiger partial charge < -0.3 is 5.32 Å². The Morgan fingerprint density at radius 3 is 2.74 bits per heavy atom. The molecule has 0 bridgehead atoms. The van der Waals surface area contributed by atoms with Crippen molar-refractivity contribution in [1.82, 2.24) is 15.0 Å². The van der Waals surface area contributed by atoms with E-state index in [0.717, 1.165) is 39.1 Å². The van der Waals surface area contributed by atoms with E-state index in [2.05, 4.69) is 59.1 Å². The average Bonchev–Trinajstić information content (AvgIpc) is 2.41. The van der Waals surface area contributed by atoms with Crippen molar-refractivity contribution in [2.75, 3.05) is 11.9 Å². The average molecular weight is 386 g/mol. The number of nitrogens with one attached hydrogen (secondary N) is 1. The number of rotatable bonds is 4. The number of pyridine rings is 1. The number of aromatic nitrogens is 3.